The minimum Gasteiger partial charge on any atom is -0.494 e. The average molecular weight is 261 g/mol. The summed E-state index contributed by atoms with van der Waals surface area (Å²) >= 11 is 0. The Labute approximate surface area is 111 Å². The normalized spacial score (nSPS) is 12.1. The van der Waals surface area contributed by atoms with E-state index < -0.39 is 0 Å². The molecule has 1 aromatic carbocycles. The van der Waals surface area contributed by atoms with E-state index in [1.54, 1.807) is 12.3 Å². The van der Waals surface area contributed by atoms with Crippen LogP contribution in [0.15, 0.2) is 48.8 Å². The maximum absolute atomic E-state index is 13.6. The third-order valence-corrected chi connectivity index (χ3v) is 2.80. The molecular formula is C14H16FN3O. The van der Waals surface area contributed by atoms with Crippen molar-refractivity contribution in [1.29, 1.82) is 0 Å². The molecule has 1 unspecified atom stereocenters. The summed E-state index contributed by atoms with van der Waals surface area (Å²) < 4.78 is 19.1. The van der Waals surface area contributed by atoms with Gasteiger partial charge < -0.3 is 4.74 Å². The van der Waals surface area contributed by atoms with Crippen LogP contribution in [0.1, 0.15) is 18.0 Å². The van der Waals surface area contributed by atoms with Crippen molar-refractivity contribution in [3.63, 3.8) is 0 Å². The lowest BCUT2D eigenvalue weighted by Crippen LogP contribution is -2.30. The topological polar surface area (TPSA) is 60.2 Å². The quantitative estimate of drug-likeness (QED) is 0.618. The Morgan fingerprint density at radius 1 is 1.26 bits per heavy atom. The molecule has 0 saturated carbocycles. The molecule has 0 fully saturated rings. The van der Waals surface area contributed by atoms with E-state index in [0.717, 1.165) is 5.75 Å². The van der Waals surface area contributed by atoms with Crippen molar-refractivity contribution in [1.82, 2.24) is 10.4 Å². The Bertz CT molecular complexity index is 507. The SMILES string of the molecule is NNC(CCOc1ccccc1)c1ccncc1F. The second-order valence-corrected chi connectivity index (χ2v) is 4.07. The predicted octanol–water partition coefficient (Wildman–Crippen LogP) is 2.19. The van der Waals surface area contributed by atoms with Gasteiger partial charge in [-0.1, -0.05) is 18.2 Å². The lowest BCUT2D eigenvalue weighted by Gasteiger charge is -2.17. The van der Waals surface area contributed by atoms with Crippen LogP contribution in [-0.2, 0) is 0 Å². The fraction of sp³-hybridized carbons (Fsp3) is 0.214. The molecule has 3 N–H and O–H groups in total. The summed E-state index contributed by atoms with van der Waals surface area (Å²) in [5.41, 5.74) is 3.09. The first-order valence-electron chi connectivity index (χ1n) is 6.04. The Morgan fingerprint density at radius 2 is 2.05 bits per heavy atom. The molecule has 0 spiro atoms. The second kappa shape index (κ2) is 6.82. The number of hydrazine groups is 1. The number of nitrogens with zero attached hydrogens (tertiary/aromatic N) is 1. The number of para-hydroxylation sites is 1. The van der Waals surface area contributed by atoms with Crippen molar-refractivity contribution in [2.75, 3.05) is 6.61 Å². The molecule has 1 atom stereocenters. The van der Waals surface area contributed by atoms with Gasteiger partial charge in [0.05, 0.1) is 18.8 Å². The van der Waals surface area contributed by atoms with E-state index in [9.17, 15) is 4.39 Å². The third-order valence-electron chi connectivity index (χ3n) is 2.80. The molecule has 0 aliphatic rings. The summed E-state index contributed by atoms with van der Waals surface area (Å²) in [4.78, 5) is 3.71. The van der Waals surface area contributed by atoms with Gasteiger partial charge >= 0.3 is 0 Å². The second-order valence-electron chi connectivity index (χ2n) is 4.07. The first kappa shape index (κ1) is 13.5. The minimum atomic E-state index is -0.370. The number of benzene rings is 1. The van der Waals surface area contributed by atoms with Crippen LogP contribution in [-0.4, -0.2) is 11.6 Å². The van der Waals surface area contributed by atoms with Crippen LogP contribution in [0.5, 0.6) is 5.75 Å². The summed E-state index contributed by atoms with van der Waals surface area (Å²) in [6.45, 7) is 0.445. The zero-order chi connectivity index (χ0) is 13.5. The van der Waals surface area contributed by atoms with Gasteiger partial charge in [-0.2, -0.15) is 0 Å². The molecule has 1 aromatic heterocycles. The summed E-state index contributed by atoms with van der Waals surface area (Å²) in [6, 6.07) is 10.8. The Kier molecular flexibility index (Phi) is 4.83. The van der Waals surface area contributed by atoms with Gasteiger partial charge in [0, 0.05) is 18.2 Å². The number of aromatic nitrogens is 1. The molecule has 100 valence electrons. The lowest BCUT2D eigenvalue weighted by atomic mass is 10.1. The van der Waals surface area contributed by atoms with Crippen molar-refractivity contribution in [2.24, 2.45) is 5.84 Å². The molecule has 0 saturated heterocycles. The minimum absolute atomic E-state index is 0.299. The molecule has 2 aromatic rings. The highest BCUT2D eigenvalue weighted by Crippen LogP contribution is 2.19. The van der Waals surface area contributed by atoms with Crippen LogP contribution < -0.4 is 16.0 Å². The molecule has 0 amide bonds. The van der Waals surface area contributed by atoms with E-state index in [2.05, 4.69) is 10.4 Å². The van der Waals surface area contributed by atoms with Crippen LogP contribution in [0.4, 0.5) is 4.39 Å². The number of hydrogen-bond acceptors (Lipinski definition) is 4. The molecule has 0 bridgehead atoms. The fourth-order valence-corrected chi connectivity index (χ4v) is 1.81. The van der Waals surface area contributed by atoms with E-state index in [1.165, 1.54) is 6.20 Å². The molecule has 2 rings (SSSR count). The van der Waals surface area contributed by atoms with Crippen LogP contribution in [0, 0.1) is 5.82 Å². The lowest BCUT2D eigenvalue weighted by molar-refractivity contribution is 0.285. The predicted molar refractivity (Wildman–Crippen MR) is 70.8 cm³/mol. The van der Waals surface area contributed by atoms with Crippen molar-refractivity contribution in [3.8, 4) is 5.75 Å². The molecular weight excluding hydrogens is 245 g/mol. The first-order valence-corrected chi connectivity index (χ1v) is 6.04. The van der Waals surface area contributed by atoms with E-state index in [0.29, 0.717) is 18.6 Å². The van der Waals surface area contributed by atoms with Gasteiger partial charge in [0.15, 0.2) is 0 Å². The fourth-order valence-electron chi connectivity index (χ4n) is 1.81. The van der Waals surface area contributed by atoms with Crippen molar-refractivity contribution in [3.05, 3.63) is 60.2 Å². The van der Waals surface area contributed by atoms with E-state index in [4.69, 9.17) is 10.6 Å². The van der Waals surface area contributed by atoms with Gasteiger partial charge in [0.25, 0.3) is 0 Å². The largest absolute Gasteiger partial charge is 0.494 e. The van der Waals surface area contributed by atoms with Gasteiger partial charge in [0.1, 0.15) is 11.6 Å². The summed E-state index contributed by atoms with van der Waals surface area (Å²) in [7, 11) is 0. The van der Waals surface area contributed by atoms with Gasteiger partial charge in [0.2, 0.25) is 0 Å². The van der Waals surface area contributed by atoms with Crippen LogP contribution in [0.25, 0.3) is 0 Å². The standard InChI is InChI=1S/C14H16FN3O/c15-13-10-17-8-6-12(13)14(18-16)7-9-19-11-4-2-1-3-5-11/h1-6,8,10,14,18H,7,9,16H2. The highest BCUT2D eigenvalue weighted by Gasteiger charge is 2.14. The Balaban J connectivity index is 1.92. The number of nitrogens with one attached hydrogen (secondary N) is 1. The van der Waals surface area contributed by atoms with E-state index >= 15 is 0 Å². The van der Waals surface area contributed by atoms with Crippen LogP contribution in [0.2, 0.25) is 0 Å². The molecule has 0 aliphatic carbocycles. The number of hydrogen-bond donors (Lipinski definition) is 2. The summed E-state index contributed by atoms with van der Waals surface area (Å²) in [5.74, 6) is 5.88. The molecule has 0 aliphatic heterocycles. The monoisotopic (exact) mass is 261 g/mol. The van der Waals surface area contributed by atoms with Crippen LogP contribution in [0.3, 0.4) is 0 Å². The number of halogens is 1. The van der Waals surface area contributed by atoms with Crippen LogP contribution >= 0.6 is 0 Å². The van der Waals surface area contributed by atoms with Gasteiger partial charge in [-0.25, -0.2) is 4.39 Å². The summed E-state index contributed by atoms with van der Waals surface area (Å²) in [5, 5.41) is 0. The Morgan fingerprint density at radius 3 is 2.74 bits per heavy atom. The zero-order valence-corrected chi connectivity index (χ0v) is 10.4. The number of nitrogens with two attached hydrogens (primary N) is 1. The van der Waals surface area contributed by atoms with Gasteiger partial charge in [-0.3, -0.25) is 16.3 Å². The number of ether oxygens (including phenoxy) is 1. The molecule has 1 heterocycles. The maximum Gasteiger partial charge on any atom is 0.146 e. The highest BCUT2D eigenvalue weighted by molar-refractivity contribution is 5.21. The molecule has 4 nitrogen and oxygen atoms in total. The third kappa shape index (κ3) is 3.74. The van der Waals surface area contributed by atoms with Gasteiger partial charge in [-0.05, 0) is 18.2 Å². The highest BCUT2D eigenvalue weighted by atomic mass is 19.1. The average Bonchev–Trinajstić information content (AvgIpc) is 2.46. The molecule has 5 heteroatoms. The smallest absolute Gasteiger partial charge is 0.146 e. The maximum atomic E-state index is 13.6. The molecule has 19 heavy (non-hydrogen) atoms. The van der Waals surface area contributed by atoms with Crippen molar-refractivity contribution < 1.29 is 9.13 Å². The first-order chi connectivity index (χ1) is 9.31. The Hall–Kier alpha value is -1.98. The van der Waals surface area contributed by atoms with Crippen molar-refractivity contribution in [2.45, 2.75) is 12.5 Å². The molecule has 0 radical (unpaired) electrons. The zero-order valence-electron chi connectivity index (χ0n) is 10.4. The number of rotatable bonds is 6. The number of pyridine rings is 1. The van der Waals surface area contributed by atoms with E-state index in [-0.39, 0.29) is 11.9 Å². The van der Waals surface area contributed by atoms with E-state index in [1.807, 2.05) is 30.3 Å². The summed E-state index contributed by atoms with van der Waals surface area (Å²) in [6.07, 6.45) is 3.28. The van der Waals surface area contributed by atoms with Gasteiger partial charge in [-0.15, -0.1) is 0 Å². The van der Waals surface area contributed by atoms with Crippen molar-refractivity contribution >= 4 is 0 Å².